The maximum atomic E-state index is 11.5. The molecule has 0 aliphatic heterocycles. The minimum atomic E-state index is -0.149. The maximum Gasteiger partial charge on any atom is 0.234 e. The van der Waals surface area contributed by atoms with Gasteiger partial charge in [0.2, 0.25) is 5.91 Å². The first-order chi connectivity index (χ1) is 6.70. The Labute approximate surface area is 93.4 Å². The van der Waals surface area contributed by atoms with Crippen LogP contribution in [0.15, 0.2) is 0 Å². The molecule has 0 fully saturated rings. The molecule has 0 aliphatic rings. The lowest BCUT2D eigenvalue weighted by molar-refractivity contribution is -0.121. The van der Waals surface area contributed by atoms with Crippen LogP contribution in [-0.4, -0.2) is 49.6 Å². The lowest BCUT2D eigenvalue weighted by Crippen LogP contribution is -2.47. The number of hydrogen-bond donors (Lipinski definition) is 2. The van der Waals surface area contributed by atoms with Gasteiger partial charge in [-0.15, -0.1) is 0 Å². The molecule has 1 amide bonds. The summed E-state index contributed by atoms with van der Waals surface area (Å²) in [5, 5.41) is 6.10. The average Bonchev–Trinajstić information content (AvgIpc) is 1.96. The number of amides is 1. The van der Waals surface area contributed by atoms with E-state index in [1.54, 1.807) is 0 Å². The molecule has 0 spiro atoms. The Bertz CT molecular complexity index is 196. The summed E-state index contributed by atoms with van der Waals surface area (Å²) in [6.45, 7) is 9.33. The van der Waals surface area contributed by atoms with Crippen LogP contribution in [0, 0.1) is 0 Å². The molecule has 0 aliphatic carbocycles. The maximum absolute atomic E-state index is 11.5. The monoisotopic (exact) mass is 215 g/mol. The Kier molecular flexibility index (Phi) is 5.83. The minimum Gasteiger partial charge on any atom is -0.350 e. The van der Waals surface area contributed by atoms with Crippen LogP contribution >= 0.6 is 0 Å². The smallest absolute Gasteiger partial charge is 0.234 e. The normalized spacial score (nSPS) is 14.1. The first-order valence-electron chi connectivity index (χ1n) is 5.40. The summed E-state index contributed by atoms with van der Waals surface area (Å²) in [5.74, 6) is 0.0492. The fourth-order valence-electron chi connectivity index (χ4n) is 1.34. The van der Waals surface area contributed by atoms with Gasteiger partial charge >= 0.3 is 0 Å². The molecule has 0 radical (unpaired) electrons. The topological polar surface area (TPSA) is 44.4 Å². The third-order valence-electron chi connectivity index (χ3n) is 1.76. The SMILES string of the molecule is CC(CN(C)C)NCC(=O)NC(C)(C)C. The van der Waals surface area contributed by atoms with Crippen LogP contribution in [0.25, 0.3) is 0 Å². The molecule has 0 aromatic heterocycles. The molecule has 0 saturated heterocycles. The summed E-state index contributed by atoms with van der Waals surface area (Å²) < 4.78 is 0. The van der Waals surface area contributed by atoms with Gasteiger partial charge < -0.3 is 15.5 Å². The molecule has 4 heteroatoms. The van der Waals surface area contributed by atoms with Crippen LogP contribution in [-0.2, 0) is 4.79 Å². The number of carbonyl (C=O) groups excluding carboxylic acids is 1. The van der Waals surface area contributed by atoms with Crippen LogP contribution in [0.3, 0.4) is 0 Å². The highest BCUT2D eigenvalue weighted by Gasteiger charge is 2.13. The largest absolute Gasteiger partial charge is 0.350 e. The van der Waals surface area contributed by atoms with Crippen LogP contribution < -0.4 is 10.6 Å². The van der Waals surface area contributed by atoms with Crippen LogP contribution in [0.1, 0.15) is 27.7 Å². The van der Waals surface area contributed by atoms with Gasteiger partial charge in [-0.25, -0.2) is 0 Å². The predicted octanol–water partition coefficient (Wildman–Crippen LogP) is 0.441. The fourth-order valence-corrected chi connectivity index (χ4v) is 1.34. The molecule has 0 aromatic carbocycles. The number of likely N-dealkylation sites (N-methyl/N-ethyl adjacent to an activating group) is 1. The first-order valence-corrected chi connectivity index (χ1v) is 5.40. The van der Waals surface area contributed by atoms with Gasteiger partial charge in [-0.1, -0.05) is 0 Å². The molecule has 0 saturated carbocycles. The highest BCUT2D eigenvalue weighted by molar-refractivity contribution is 5.78. The van der Waals surface area contributed by atoms with Crippen molar-refractivity contribution in [3.05, 3.63) is 0 Å². The van der Waals surface area contributed by atoms with Gasteiger partial charge in [-0.3, -0.25) is 4.79 Å². The molecule has 0 aromatic rings. The van der Waals surface area contributed by atoms with E-state index in [4.69, 9.17) is 0 Å². The molecule has 1 atom stereocenters. The van der Waals surface area contributed by atoms with Gasteiger partial charge in [0.1, 0.15) is 0 Å². The second-order valence-corrected chi connectivity index (χ2v) is 5.34. The third kappa shape index (κ3) is 9.69. The predicted molar refractivity (Wildman–Crippen MR) is 63.9 cm³/mol. The van der Waals surface area contributed by atoms with E-state index in [1.807, 2.05) is 34.9 Å². The summed E-state index contributed by atoms with van der Waals surface area (Å²) in [5.41, 5.74) is -0.149. The number of carbonyl (C=O) groups is 1. The van der Waals surface area contributed by atoms with E-state index in [9.17, 15) is 4.79 Å². The summed E-state index contributed by atoms with van der Waals surface area (Å²) in [6.07, 6.45) is 0. The van der Waals surface area contributed by atoms with Crippen molar-refractivity contribution in [2.45, 2.75) is 39.3 Å². The molecular weight excluding hydrogens is 190 g/mol. The van der Waals surface area contributed by atoms with E-state index >= 15 is 0 Å². The van der Waals surface area contributed by atoms with Crippen LogP contribution in [0.4, 0.5) is 0 Å². The van der Waals surface area contributed by atoms with Crippen LogP contribution in [0.2, 0.25) is 0 Å². The van der Waals surface area contributed by atoms with E-state index < -0.39 is 0 Å². The number of rotatable bonds is 5. The summed E-state index contributed by atoms with van der Waals surface area (Å²) in [7, 11) is 4.04. The number of nitrogens with one attached hydrogen (secondary N) is 2. The zero-order chi connectivity index (χ0) is 12.1. The Morgan fingerprint density at radius 2 is 1.87 bits per heavy atom. The summed E-state index contributed by atoms with van der Waals surface area (Å²) in [6, 6.07) is 0.325. The van der Waals surface area contributed by atoms with Crippen LogP contribution in [0.5, 0.6) is 0 Å². The average molecular weight is 215 g/mol. The van der Waals surface area contributed by atoms with Gasteiger partial charge in [0.15, 0.2) is 0 Å². The molecule has 2 N–H and O–H groups in total. The fraction of sp³-hybridized carbons (Fsp3) is 0.909. The second kappa shape index (κ2) is 6.08. The van der Waals surface area contributed by atoms with Gasteiger partial charge in [0.05, 0.1) is 6.54 Å². The van der Waals surface area contributed by atoms with Gasteiger partial charge in [-0.05, 0) is 41.8 Å². The number of hydrogen-bond acceptors (Lipinski definition) is 3. The van der Waals surface area contributed by atoms with Crippen molar-refractivity contribution in [1.29, 1.82) is 0 Å². The second-order valence-electron chi connectivity index (χ2n) is 5.34. The van der Waals surface area contributed by atoms with Crippen molar-refractivity contribution in [3.63, 3.8) is 0 Å². The Balaban J connectivity index is 3.72. The van der Waals surface area contributed by atoms with Crippen molar-refractivity contribution >= 4 is 5.91 Å². The highest BCUT2D eigenvalue weighted by Crippen LogP contribution is 1.97. The zero-order valence-electron chi connectivity index (χ0n) is 10.8. The lowest BCUT2D eigenvalue weighted by atomic mass is 10.1. The van der Waals surface area contributed by atoms with Crippen molar-refractivity contribution in [3.8, 4) is 0 Å². The number of nitrogens with zero attached hydrogens (tertiary/aromatic N) is 1. The molecule has 0 heterocycles. The van der Waals surface area contributed by atoms with E-state index in [0.29, 0.717) is 12.6 Å². The first kappa shape index (κ1) is 14.4. The standard InChI is InChI=1S/C11H25N3O/c1-9(8-14(5)6)12-7-10(15)13-11(2,3)4/h9,12H,7-8H2,1-6H3,(H,13,15). The van der Waals surface area contributed by atoms with Crippen molar-refractivity contribution in [2.75, 3.05) is 27.2 Å². The molecule has 0 rings (SSSR count). The quantitative estimate of drug-likeness (QED) is 0.699. The van der Waals surface area contributed by atoms with E-state index in [-0.39, 0.29) is 11.4 Å². The highest BCUT2D eigenvalue weighted by atomic mass is 16.2. The molecule has 1 unspecified atom stereocenters. The molecule has 0 bridgehead atoms. The van der Waals surface area contributed by atoms with E-state index in [0.717, 1.165) is 6.54 Å². The minimum absolute atomic E-state index is 0.0492. The third-order valence-corrected chi connectivity index (χ3v) is 1.76. The Morgan fingerprint density at radius 3 is 2.27 bits per heavy atom. The summed E-state index contributed by atoms with van der Waals surface area (Å²) >= 11 is 0. The zero-order valence-corrected chi connectivity index (χ0v) is 10.8. The molecule has 4 nitrogen and oxygen atoms in total. The summed E-state index contributed by atoms with van der Waals surface area (Å²) in [4.78, 5) is 13.6. The van der Waals surface area contributed by atoms with Crippen molar-refractivity contribution in [1.82, 2.24) is 15.5 Å². The Hall–Kier alpha value is -0.610. The lowest BCUT2D eigenvalue weighted by Gasteiger charge is -2.22. The van der Waals surface area contributed by atoms with E-state index in [2.05, 4.69) is 22.5 Å². The van der Waals surface area contributed by atoms with Gasteiger partial charge in [0, 0.05) is 18.1 Å². The Morgan fingerprint density at radius 1 is 1.33 bits per heavy atom. The molecule has 15 heavy (non-hydrogen) atoms. The van der Waals surface area contributed by atoms with Crippen molar-refractivity contribution < 1.29 is 4.79 Å². The van der Waals surface area contributed by atoms with Gasteiger partial charge in [-0.2, -0.15) is 0 Å². The molecule has 90 valence electrons. The van der Waals surface area contributed by atoms with E-state index in [1.165, 1.54) is 0 Å². The van der Waals surface area contributed by atoms with Crippen molar-refractivity contribution in [2.24, 2.45) is 0 Å². The van der Waals surface area contributed by atoms with Gasteiger partial charge in [0.25, 0.3) is 0 Å². The molecular formula is C11H25N3O.